The van der Waals surface area contributed by atoms with Crippen molar-refractivity contribution >= 4 is 33.0 Å². The third kappa shape index (κ3) is 4.68. The van der Waals surface area contributed by atoms with Gasteiger partial charge in [-0.1, -0.05) is 12.1 Å². The molecule has 2 amide bonds. The molecule has 1 aliphatic heterocycles. The van der Waals surface area contributed by atoms with Crippen molar-refractivity contribution in [3.8, 4) is 11.5 Å². The zero-order valence-electron chi connectivity index (χ0n) is 16.1. The fourth-order valence-corrected chi connectivity index (χ4v) is 4.27. The van der Waals surface area contributed by atoms with E-state index in [9.17, 15) is 18.0 Å². The summed E-state index contributed by atoms with van der Waals surface area (Å²) in [6.07, 6.45) is -0.233. The minimum atomic E-state index is -3.80. The monoisotopic (exact) mass is 418 g/mol. The number of sulfone groups is 1. The van der Waals surface area contributed by atoms with Crippen LogP contribution in [0, 0.1) is 0 Å². The quantitative estimate of drug-likeness (QED) is 0.715. The summed E-state index contributed by atoms with van der Waals surface area (Å²) in [6.45, 7) is 3.63. The van der Waals surface area contributed by atoms with E-state index < -0.39 is 21.0 Å². The molecule has 0 saturated heterocycles. The molecule has 0 fully saturated rings. The molecule has 0 aromatic heterocycles. The van der Waals surface area contributed by atoms with Gasteiger partial charge in [0.05, 0.1) is 28.1 Å². The number of rotatable bonds is 7. The lowest BCUT2D eigenvalue weighted by Crippen LogP contribution is -2.27. The molecule has 3 rings (SSSR count). The molecule has 1 unspecified atom stereocenters. The third-order valence-electron chi connectivity index (χ3n) is 4.38. The van der Waals surface area contributed by atoms with Crippen molar-refractivity contribution in [3.05, 3.63) is 42.5 Å². The van der Waals surface area contributed by atoms with Crippen LogP contribution in [-0.2, 0) is 19.4 Å². The molecule has 1 heterocycles. The predicted octanol–water partition coefficient (Wildman–Crippen LogP) is 2.61. The summed E-state index contributed by atoms with van der Waals surface area (Å²) in [4.78, 5) is 23.9. The van der Waals surface area contributed by atoms with Crippen LogP contribution in [0.2, 0.25) is 0 Å². The number of hydrogen-bond acceptors (Lipinski definition) is 6. The Bertz CT molecular complexity index is 1040. The van der Waals surface area contributed by atoms with Crippen molar-refractivity contribution in [3.63, 3.8) is 0 Å². The van der Waals surface area contributed by atoms with Crippen molar-refractivity contribution < 1.29 is 27.5 Å². The molecule has 2 N–H and O–H groups in total. The van der Waals surface area contributed by atoms with E-state index in [4.69, 9.17) is 9.47 Å². The Morgan fingerprint density at radius 3 is 2.79 bits per heavy atom. The van der Waals surface area contributed by atoms with Gasteiger partial charge in [-0.15, -0.1) is 0 Å². The number of carbonyl (C=O) groups is 2. The zero-order chi connectivity index (χ0) is 21.0. The number of para-hydroxylation sites is 2. The van der Waals surface area contributed by atoms with E-state index in [0.29, 0.717) is 29.5 Å². The standard InChI is InChI=1S/C20H22N2O6S/c1-3-27-17-7-5-4-6-15(17)21-19(23)10-13(2)29(25,26)14-8-9-18-16(11-14)22-20(24)12-28-18/h4-9,11,13H,3,10,12H2,1-2H3,(H,21,23)(H,22,24). The van der Waals surface area contributed by atoms with Gasteiger partial charge in [0.2, 0.25) is 5.91 Å². The minimum Gasteiger partial charge on any atom is -0.492 e. The Balaban J connectivity index is 1.73. The van der Waals surface area contributed by atoms with Crippen molar-refractivity contribution in [2.75, 3.05) is 23.8 Å². The molecule has 0 saturated carbocycles. The molecule has 0 spiro atoms. The highest BCUT2D eigenvalue weighted by Gasteiger charge is 2.28. The summed E-state index contributed by atoms with van der Waals surface area (Å²) in [5.41, 5.74) is 0.780. The summed E-state index contributed by atoms with van der Waals surface area (Å²) < 4.78 is 36.5. The normalized spacial score (nSPS) is 14.2. The van der Waals surface area contributed by atoms with Gasteiger partial charge in [0, 0.05) is 6.42 Å². The number of fused-ring (bicyclic) bond motifs is 1. The van der Waals surface area contributed by atoms with Crippen LogP contribution < -0.4 is 20.1 Å². The van der Waals surface area contributed by atoms with Gasteiger partial charge in [-0.3, -0.25) is 9.59 Å². The van der Waals surface area contributed by atoms with Crippen molar-refractivity contribution in [2.45, 2.75) is 30.4 Å². The molecule has 8 nitrogen and oxygen atoms in total. The Morgan fingerprint density at radius 1 is 1.28 bits per heavy atom. The lowest BCUT2D eigenvalue weighted by Gasteiger charge is -2.19. The maximum atomic E-state index is 12.9. The molecule has 154 valence electrons. The molecular formula is C20H22N2O6S. The van der Waals surface area contributed by atoms with Gasteiger partial charge < -0.3 is 20.1 Å². The van der Waals surface area contributed by atoms with E-state index in [-0.39, 0.29) is 23.8 Å². The number of ether oxygens (including phenoxy) is 2. The second-order valence-corrected chi connectivity index (χ2v) is 8.90. The first-order valence-corrected chi connectivity index (χ1v) is 10.7. The molecule has 2 aromatic carbocycles. The molecule has 9 heteroatoms. The summed E-state index contributed by atoms with van der Waals surface area (Å²) >= 11 is 0. The predicted molar refractivity (Wildman–Crippen MR) is 108 cm³/mol. The Hall–Kier alpha value is -3.07. The molecule has 0 bridgehead atoms. The van der Waals surface area contributed by atoms with E-state index >= 15 is 0 Å². The van der Waals surface area contributed by atoms with Crippen LogP contribution in [0.5, 0.6) is 11.5 Å². The second kappa shape index (κ2) is 8.52. The van der Waals surface area contributed by atoms with E-state index in [1.165, 1.54) is 25.1 Å². The number of carbonyl (C=O) groups excluding carboxylic acids is 2. The van der Waals surface area contributed by atoms with Crippen LogP contribution in [0.25, 0.3) is 0 Å². The number of nitrogens with one attached hydrogen (secondary N) is 2. The summed E-state index contributed by atoms with van der Waals surface area (Å²) in [5, 5.41) is 4.31. The van der Waals surface area contributed by atoms with E-state index in [0.717, 1.165) is 0 Å². The number of benzene rings is 2. The van der Waals surface area contributed by atoms with Crippen LogP contribution in [-0.4, -0.2) is 38.7 Å². The van der Waals surface area contributed by atoms with Crippen LogP contribution in [0.15, 0.2) is 47.4 Å². The minimum absolute atomic E-state index is 0.0112. The summed E-state index contributed by atoms with van der Waals surface area (Å²) in [6, 6.07) is 11.2. The Morgan fingerprint density at radius 2 is 2.03 bits per heavy atom. The largest absolute Gasteiger partial charge is 0.492 e. The first-order valence-electron chi connectivity index (χ1n) is 9.13. The molecule has 0 aliphatic carbocycles. The Labute approximate surface area is 169 Å². The lowest BCUT2D eigenvalue weighted by atomic mass is 10.2. The second-order valence-electron chi connectivity index (χ2n) is 6.53. The van der Waals surface area contributed by atoms with Gasteiger partial charge in [-0.2, -0.15) is 0 Å². The lowest BCUT2D eigenvalue weighted by molar-refractivity contribution is -0.118. The molecule has 0 radical (unpaired) electrons. The Kier molecular flexibility index (Phi) is 6.07. The van der Waals surface area contributed by atoms with Crippen LogP contribution in [0.1, 0.15) is 20.3 Å². The average molecular weight is 418 g/mol. The molecule has 2 aromatic rings. The maximum absolute atomic E-state index is 12.9. The van der Waals surface area contributed by atoms with Gasteiger partial charge in [-0.05, 0) is 44.2 Å². The highest BCUT2D eigenvalue weighted by molar-refractivity contribution is 7.92. The highest BCUT2D eigenvalue weighted by atomic mass is 32.2. The van der Waals surface area contributed by atoms with Crippen molar-refractivity contribution in [1.82, 2.24) is 0 Å². The van der Waals surface area contributed by atoms with Gasteiger partial charge in [0.25, 0.3) is 5.91 Å². The first kappa shape index (κ1) is 20.7. The van der Waals surface area contributed by atoms with Crippen LogP contribution in [0.4, 0.5) is 11.4 Å². The maximum Gasteiger partial charge on any atom is 0.262 e. The van der Waals surface area contributed by atoms with Gasteiger partial charge in [-0.25, -0.2) is 8.42 Å². The molecule has 29 heavy (non-hydrogen) atoms. The van der Waals surface area contributed by atoms with Gasteiger partial charge in [0.1, 0.15) is 11.5 Å². The fraction of sp³-hybridized carbons (Fsp3) is 0.300. The molecular weight excluding hydrogens is 396 g/mol. The van der Waals surface area contributed by atoms with E-state index in [1.54, 1.807) is 24.3 Å². The summed E-state index contributed by atoms with van der Waals surface area (Å²) in [7, 11) is -3.80. The van der Waals surface area contributed by atoms with Crippen molar-refractivity contribution in [1.29, 1.82) is 0 Å². The summed E-state index contributed by atoms with van der Waals surface area (Å²) in [5.74, 6) is 0.126. The average Bonchev–Trinajstić information content (AvgIpc) is 2.69. The number of amides is 2. The SMILES string of the molecule is CCOc1ccccc1NC(=O)CC(C)S(=O)(=O)c1ccc2c(c1)NC(=O)CO2. The molecule has 1 aliphatic rings. The van der Waals surface area contributed by atoms with E-state index in [2.05, 4.69) is 10.6 Å². The van der Waals surface area contributed by atoms with Gasteiger partial charge >= 0.3 is 0 Å². The van der Waals surface area contributed by atoms with Crippen molar-refractivity contribution in [2.24, 2.45) is 0 Å². The highest BCUT2D eigenvalue weighted by Crippen LogP contribution is 2.32. The fourth-order valence-electron chi connectivity index (χ4n) is 2.89. The van der Waals surface area contributed by atoms with Crippen LogP contribution >= 0.6 is 0 Å². The smallest absolute Gasteiger partial charge is 0.262 e. The van der Waals surface area contributed by atoms with Crippen LogP contribution in [0.3, 0.4) is 0 Å². The number of anilines is 2. The van der Waals surface area contributed by atoms with E-state index in [1.807, 2.05) is 6.92 Å². The topological polar surface area (TPSA) is 111 Å². The molecule has 1 atom stereocenters. The first-order chi connectivity index (χ1) is 13.8. The van der Waals surface area contributed by atoms with Gasteiger partial charge in [0.15, 0.2) is 16.4 Å². The number of hydrogen-bond donors (Lipinski definition) is 2. The third-order valence-corrected chi connectivity index (χ3v) is 6.51. The zero-order valence-corrected chi connectivity index (χ0v) is 16.9.